The predicted molar refractivity (Wildman–Crippen MR) is 59.6 cm³/mol. The molecule has 1 aliphatic carbocycles. The molecule has 0 amide bonds. The summed E-state index contributed by atoms with van der Waals surface area (Å²) >= 11 is 0. The lowest BCUT2D eigenvalue weighted by atomic mass is 9.74. The Balaban J connectivity index is 2.17. The van der Waals surface area contributed by atoms with E-state index >= 15 is 0 Å². The molecule has 0 unspecified atom stereocenters. The molecule has 1 fully saturated rings. The normalized spacial score (nSPS) is 18.9. The SMILES string of the molecule is C=C(CCCC(OC)OC)C1(O)CCC1. The molecule has 0 bridgehead atoms. The van der Waals surface area contributed by atoms with E-state index in [2.05, 4.69) is 6.58 Å². The number of hydrogen-bond donors (Lipinski definition) is 1. The standard InChI is InChI=1S/C12H22O3/c1-10(12(13)8-5-9-12)6-4-7-11(14-2)15-3/h11,13H,1,4-9H2,2-3H3. The number of methoxy groups -OCH3 is 2. The molecule has 0 radical (unpaired) electrons. The molecule has 88 valence electrons. The summed E-state index contributed by atoms with van der Waals surface area (Å²) in [6.45, 7) is 3.97. The largest absolute Gasteiger partial charge is 0.386 e. The van der Waals surface area contributed by atoms with E-state index in [0.29, 0.717) is 0 Å². The summed E-state index contributed by atoms with van der Waals surface area (Å²) in [5.74, 6) is 0. The van der Waals surface area contributed by atoms with Crippen molar-refractivity contribution in [3.63, 3.8) is 0 Å². The number of aliphatic hydroxyl groups is 1. The van der Waals surface area contributed by atoms with Crippen molar-refractivity contribution in [1.29, 1.82) is 0 Å². The van der Waals surface area contributed by atoms with Crippen LogP contribution in [0.5, 0.6) is 0 Å². The smallest absolute Gasteiger partial charge is 0.156 e. The predicted octanol–water partition coefficient (Wildman–Crippen LogP) is 2.25. The minimum Gasteiger partial charge on any atom is -0.386 e. The van der Waals surface area contributed by atoms with Crippen molar-refractivity contribution in [2.24, 2.45) is 0 Å². The molecule has 15 heavy (non-hydrogen) atoms. The second-order valence-corrected chi connectivity index (χ2v) is 4.28. The highest BCUT2D eigenvalue weighted by atomic mass is 16.7. The molecule has 1 aliphatic rings. The van der Waals surface area contributed by atoms with Crippen LogP contribution in [0.3, 0.4) is 0 Å². The van der Waals surface area contributed by atoms with Gasteiger partial charge in [-0.2, -0.15) is 0 Å². The molecule has 0 saturated heterocycles. The van der Waals surface area contributed by atoms with Crippen LogP contribution in [0.15, 0.2) is 12.2 Å². The molecule has 0 spiro atoms. The fourth-order valence-electron chi connectivity index (χ4n) is 1.91. The van der Waals surface area contributed by atoms with E-state index in [1.54, 1.807) is 14.2 Å². The summed E-state index contributed by atoms with van der Waals surface area (Å²) in [6.07, 6.45) is 5.41. The Hall–Kier alpha value is -0.380. The topological polar surface area (TPSA) is 38.7 Å². The van der Waals surface area contributed by atoms with Crippen molar-refractivity contribution < 1.29 is 14.6 Å². The van der Waals surface area contributed by atoms with Gasteiger partial charge in [0.15, 0.2) is 6.29 Å². The van der Waals surface area contributed by atoms with E-state index in [-0.39, 0.29) is 6.29 Å². The maximum atomic E-state index is 10.00. The first-order valence-corrected chi connectivity index (χ1v) is 5.58. The van der Waals surface area contributed by atoms with Crippen molar-refractivity contribution in [3.05, 3.63) is 12.2 Å². The van der Waals surface area contributed by atoms with Gasteiger partial charge in [0.2, 0.25) is 0 Å². The molecule has 0 heterocycles. The number of hydrogen-bond acceptors (Lipinski definition) is 3. The van der Waals surface area contributed by atoms with Gasteiger partial charge in [-0.3, -0.25) is 0 Å². The van der Waals surface area contributed by atoms with Gasteiger partial charge >= 0.3 is 0 Å². The van der Waals surface area contributed by atoms with E-state index < -0.39 is 5.60 Å². The molecule has 3 heteroatoms. The van der Waals surface area contributed by atoms with E-state index in [1.807, 2.05) is 0 Å². The lowest BCUT2D eigenvalue weighted by Crippen LogP contribution is -2.38. The molecule has 0 aromatic rings. The van der Waals surface area contributed by atoms with Gasteiger partial charge in [-0.25, -0.2) is 0 Å². The minimum absolute atomic E-state index is 0.131. The highest BCUT2D eigenvalue weighted by Crippen LogP contribution is 2.39. The summed E-state index contributed by atoms with van der Waals surface area (Å²) < 4.78 is 10.2. The van der Waals surface area contributed by atoms with Crippen LogP contribution < -0.4 is 0 Å². The van der Waals surface area contributed by atoms with Crippen LogP contribution in [0.4, 0.5) is 0 Å². The van der Waals surface area contributed by atoms with E-state index in [9.17, 15) is 5.11 Å². The summed E-state index contributed by atoms with van der Waals surface area (Å²) in [4.78, 5) is 0. The fraction of sp³-hybridized carbons (Fsp3) is 0.833. The van der Waals surface area contributed by atoms with Gasteiger partial charge in [0, 0.05) is 14.2 Å². The lowest BCUT2D eigenvalue weighted by molar-refractivity contribution is -0.107. The molecule has 0 aliphatic heterocycles. The van der Waals surface area contributed by atoms with Gasteiger partial charge < -0.3 is 14.6 Å². The van der Waals surface area contributed by atoms with E-state index in [1.165, 1.54) is 0 Å². The van der Waals surface area contributed by atoms with Gasteiger partial charge in [0.25, 0.3) is 0 Å². The van der Waals surface area contributed by atoms with Crippen molar-refractivity contribution in [1.82, 2.24) is 0 Å². The van der Waals surface area contributed by atoms with Crippen molar-refractivity contribution in [3.8, 4) is 0 Å². The zero-order valence-corrected chi connectivity index (χ0v) is 9.79. The van der Waals surface area contributed by atoms with Gasteiger partial charge in [-0.1, -0.05) is 6.58 Å². The van der Waals surface area contributed by atoms with Crippen LogP contribution in [0, 0.1) is 0 Å². The maximum absolute atomic E-state index is 10.00. The first-order chi connectivity index (χ1) is 7.12. The highest BCUT2D eigenvalue weighted by Gasteiger charge is 2.36. The second kappa shape index (κ2) is 5.64. The van der Waals surface area contributed by atoms with Crippen LogP contribution in [0.1, 0.15) is 38.5 Å². The molecule has 1 saturated carbocycles. The second-order valence-electron chi connectivity index (χ2n) is 4.28. The van der Waals surface area contributed by atoms with Crippen LogP contribution in [-0.4, -0.2) is 31.2 Å². The van der Waals surface area contributed by atoms with Gasteiger partial charge in [0.1, 0.15) is 0 Å². The molecular weight excluding hydrogens is 192 g/mol. The average molecular weight is 214 g/mol. The Morgan fingerprint density at radius 3 is 2.40 bits per heavy atom. The minimum atomic E-state index is -0.560. The molecule has 0 aromatic heterocycles. The Morgan fingerprint density at radius 2 is 2.00 bits per heavy atom. The third-order valence-corrected chi connectivity index (χ3v) is 3.28. The Kier molecular flexibility index (Phi) is 4.77. The molecule has 1 rings (SSSR count). The van der Waals surface area contributed by atoms with Crippen LogP contribution >= 0.6 is 0 Å². The first kappa shape index (κ1) is 12.7. The lowest BCUT2D eigenvalue weighted by Gasteiger charge is -2.38. The quantitative estimate of drug-likeness (QED) is 0.522. The summed E-state index contributed by atoms with van der Waals surface area (Å²) in [7, 11) is 3.28. The average Bonchev–Trinajstić information content (AvgIpc) is 2.20. The van der Waals surface area contributed by atoms with E-state index in [0.717, 1.165) is 44.1 Å². The highest BCUT2D eigenvalue weighted by molar-refractivity contribution is 5.16. The number of rotatable bonds is 7. The van der Waals surface area contributed by atoms with Crippen molar-refractivity contribution >= 4 is 0 Å². The van der Waals surface area contributed by atoms with Crippen LogP contribution in [0.2, 0.25) is 0 Å². The Labute approximate surface area is 92.1 Å². The zero-order valence-electron chi connectivity index (χ0n) is 9.79. The molecule has 3 nitrogen and oxygen atoms in total. The van der Waals surface area contributed by atoms with Crippen molar-refractivity contribution in [2.45, 2.75) is 50.4 Å². The summed E-state index contributed by atoms with van der Waals surface area (Å²) in [5, 5.41) is 10.00. The Bertz CT molecular complexity index is 205. The third kappa shape index (κ3) is 3.30. The van der Waals surface area contributed by atoms with Crippen molar-refractivity contribution in [2.75, 3.05) is 14.2 Å². The van der Waals surface area contributed by atoms with Crippen LogP contribution in [-0.2, 0) is 9.47 Å². The molecule has 0 aromatic carbocycles. The third-order valence-electron chi connectivity index (χ3n) is 3.28. The summed E-state index contributed by atoms with van der Waals surface area (Å²) in [6, 6.07) is 0. The molecule has 0 atom stereocenters. The monoisotopic (exact) mass is 214 g/mol. The molecule has 1 N–H and O–H groups in total. The molecular formula is C12H22O3. The maximum Gasteiger partial charge on any atom is 0.156 e. The number of ether oxygens (including phenoxy) is 2. The summed E-state index contributed by atoms with van der Waals surface area (Å²) in [5.41, 5.74) is 0.412. The van der Waals surface area contributed by atoms with E-state index in [4.69, 9.17) is 9.47 Å². The first-order valence-electron chi connectivity index (χ1n) is 5.58. The van der Waals surface area contributed by atoms with Gasteiger partial charge in [-0.05, 0) is 44.1 Å². The Morgan fingerprint density at radius 1 is 1.40 bits per heavy atom. The fourth-order valence-corrected chi connectivity index (χ4v) is 1.91. The van der Waals surface area contributed by atoms with Gasteiger partial charge in [0.05, 0.1) is 5.60 Å². The van der Waals surface area contributed by atoms with Gasteiger partial charge in [-0.15, -0.1) is 0 Å². The van der Waals surface area contributed by atoms with Crippen LogP contribution in [0.25, 0.3) is 0 Å². The zero-order chi connectivity index (χ0) is 11.3.